The molecule has 142 valence electrons. The molecule has 26 heavy (non-hydrogen) atoms. The van der Waals surface area contributed by atoms with Crippen molar-refractivity contribution in [2.45, 2.75) is 79.1 Å². The Bertz CT molecular complexity index is 662. The van der Waals surface area contributed by atoms with Gasteiger partial charge in [-0.1, -0.05) is 52.7 Å². The Morgan fingerprint density at radius 2 is 1.96 bits per heavy atom. The lowest BCUT2D eigenvalue weighted by Gasteiger charge is -2.59. The number of nitrogens with zero attached hydrogens (tertiary/aromatic N) is 1. The van der Waals surface area contributed by atoms with Gasteiger partial charge in [0.25, 0.3) is 0 Å². The van der Waals surface area contributed by atoms with Crippen molar-refractivity contribution in [1.82, 2.24) is 4.98 Å². The van der Waals surface area contributed by atoms with Crippen LogP contribution >= 0.6 is 0 Å². The SMILES string of the molecule is CCC[C@@]1(C)[C@H](CC)CC[C@@H]2[C@@H]1CC[C@]1(C)C(c3cccnc3)=CC[C@@H]21. The number of pyridine rings is 1. The van der Waals surface area contributed by atoms with Crippen LogP contribution in [0.2, 0.25) is 0 Å². The predicted octanol–water partition coefficient (Wildman–Crippen LogP) is 7.14. The second kappa shape index (κ2) is 6.80. The molecule has 1 nitrogen and oxygen atoms in total. The van der Waals surface area contributed by atoms with Crippen LogP contribution in [0.15, 0.2) is 30.6 Å². The Labute approximate surface area is 160 Å². The number of fused-ring (bicyclic) bond motifs is 3. The van der Waals surface area contributed by atoms with Crippen LogP contribution in [0, 0.1) is 34.5 Å². The highest BCUT2D eigenvalue weighted by Crippen LogP contribution is 2.66. The van der Waals surface area contributed by atoms with Crippen molar-refractivity contribution >= 4 is 5.57 Å². The first kappa shape index (κ1) is 18.3. The summed E-state index contributed by atoms with van der Waals surface area (Å²) in [4.78, 5) is 4.41. The van der Waals surface area contributed by atoms with E-state index in [0.29, 0.717) is 10.8 Å². The molecule has 0 aromatic carbocycles. The second-order valence-electron chi connectivity index (χ2n) is 9.87. The van der Waals surface area contributed by atoms with E-state index in [2.05, 4.69) is 57.1 Å². The van der Waals surface area contributed by atoms with Crippen LogP contribution in [0.4, 0.5) is 0 Å². The van der Waals surface area contributed by atoms with E-state index in [1.54, 1.807) is 5.57 Å². The van der Waals surface area contributed by atoms with Gasteiger partial charge in [-0.3, -0.25) is 4.98 Å². The number of allylic oxidation sites excluding steroid dienone is 2. The van der Waals surface area contributed by atoms with E-state index in [1.165, 1.54) is 56.9 Å². The summed E-state index contributed by atoms with van der Waals surface area (Å²) in [6.07, 6.45) is 17.7. The van der Waals surface area contributed by atoms with Gasteiger partial charge in [0.15, 0.2) is 0 Å². The normalized spacial score (nSPS) is 42.1. The van der Waals surface area contributed by atoms with Gasteiger partial charge in [-0.25, -0.2) is 0 Å². The number of aromatic nitrogens is 1. The van der Waals surface area contributed by atoms with E-state index in [4.69, 9.17) is 0 Å². The van der Waals surface area contributed by atoms with Crippen LogP contribution in [0.1, 0.15) is 84.6 Å². The average Bonchev–Trinajstić information content (AvgIpc) is 3.00. The summed E-state index contributed by atoms with van der Waals surface area (Å²) in [6, 6.07) is 4.37. The molecule has 3 aliphatic carbocycles. The van der Waals surface area contributed by atoms with E-state index < -0.39 is 0 Å². The molecule has 2 saturated carbocycles. The smallest absolute Gasteiger partial charge is 0.0343 e. The van der Waals surface area contributed by atoms with Gasteiger partial charge >= 0.3 is 0 Å². The standard InChI is InChI=1S/C25H37N/c1-5-14-24(3)19(6-2)9-10-20-22-12-11-21(18-8-7-16-26-17-18)25(22,4)15-13-23(20)24/h7-8,11,16-17,19-20,22-23H,5-6,9-10,12-15H2,1-4H3/t19-,20+,22+,23+,24+,25-/m1/s1. The van der Waals surface area contributed by atoms with E-state index >= 15 is 0 Å². The molecule has 1 heteroatoms. The van der Waals surface area contributed by atoms with Crippen molar-refractivity contribution in [1.29, 1.82) is 0 Å². The van der Waals surface area contributed by atoms with Crippen molar-refractivity contribution in [3.8, 4) is 0 Å². The van der Waals surface area contributed by atoms with E-state index in [9.17, 15) is 0 Å². The van der Waals surface area contributed by atoms with Gasteiger partial charge in [0.1, 0.15) is 0 Å². The van der Waals surface area contributed by atoms with Gasteiger partial charge in [0, 0.05) is 12.4 Å². The molecule has 3 aliphatic rings. The molecule has 0 aliphatic heterocycles. The van der Waals surface area contributed by atoms with E-state index in [1.807, 2.05) is 6.20 Å². The minimum atomic E-state index is 0.371. The molecule has 0 bridgehead atoms. The number of rotatable bonds is 4. The molecule has 6 atom stereocenters. The summed E-state index contributed by atoms with van der Waals surface area (Å²) < 4.78 is 0. The third kappa shape index (κ3) is 2.60. The Kier molecular flexibility index (Phi) is 4.78. The van der Waals surface area contributed by atoms with Crippen molar-refractivity contribution in [3.63, 3.8) is 0 Å². The van der Waals surface area contributed by atoms with Crippen molar-refractivity contribution in [2.75, 3.05) is 0 Å². The summed E-state index contributed by atoms with van der Waals surface area (Å²) >= 11 is 0. The number of hydrogen-bond acceptors (Lipinski definition) is 1. The van der Waals surface area contributed by atoms with Crippen LogP contribution in [-0.2, 0) is 0 Å². The van der Waals surface area contributed by atoms with E-state index in [0.717, 1.165) is 23.7 Å². The summed E-state index contributed by atoms with van der Waals surface area (Å²) in [5.41, 5.74) is 3.92. The first-order valence-corrected chi connectivity index (χ1v) is 11.2. The molecule has 0 radical (unpaired) electrons. The molecule has 2 fully saturated rings. The fourth-order valence-corrected chi connectivity index (χ4v) is 7.67. The zero-order valence-electron chi connectivity index (χ0n) is 17.3. The maximum atomic E-state index is 4.41. The summed E-state index contributed by atoms with van der Waals surface area (Å²) in [5.74, 6) is 3.67. The van der Waals surface area contributed by atoms with Crippen LogP contribution in [0.5, 0.6) is 0 Å². The Hall–Kier alpha value is -1.11. The molecule has 0 unspecified atom stereocenters. The first-order valence-electron chi connectivity index (χ1n) is 11.2. The molecule has 1 heterocycles. The highest BCUT2D eigenvalue weighted by Gasteiger charge is 2.57. The molecular weight excluding hydrogens is 314 g/mol. The minimum absolute atomic E-state index is 0.371. The molecule has 0 saturated heterocycles. The Balaban J connectivity index is 1.64. The molecule has 4 rings (SSSR count). The molecule has 1 aromatic heterocycles. The average molecular weight is 352 g/mol. The zero-order chi connectivity index (χ0) is 18.4. The van der Waals surface area contributed by atoms with Gasteiger partial charge in [0.2, 0.25) is 0 Å². The van der Waals surface area contributed by atoms with Gasteiger partial charge in [-0.05, 0) is 90.2 Å². The molecular formula is C25H37N. The second-order valence-corrected chi connectivity index (χ2v) is 9.87. The van der Waals surface area contributed by atoms with Crippen LogP contribution in [0.25, 0.3) is 5.57 Å². The van der Waals surface area contributed by atoms with Crippen LogP contribution < -0.4 is 0 Å². The highest BCUT2D eigenvalue weighted by atomic mass is 14.6. The third-order valence-corrected chi connectivity index (χ3v) is 8.90. The fraction of sp³-hybridized carbons (Fsp3) is 0.720. The molecule has 0 N–H and O–H groups in total. The first-order chi connectivity index (χ1) is 12.5. The van der Waals surface area contributed by atoms with Gasteiger partial charge in [-0.2, -0.15) is 0 Å². The van der Waals surface area contributed by atoms with E-state index in [-0.39, 0.29) is 0 Å². The lowest BCUT2D eigenvalue weighted by molar-refractivity contribution is -0.0831. The van der Waals surface area contributed by atoms with Crippen molar-refractivity contribution in [3.05, 3.63) is 36.2 Å². The minimum Gasteiger partial charge on any atom is -0.264 e. The summed E-state index contributed by atoms with van der Waals surface area (Å²) in [5, 5.41) is 0. The van der Waals surface area contributed by atoms with Crippen molar-refractivity contribution < 1.29 is 0 Å². The van der Waals surface area contributed by atoms with Crippen LogP contribution in [-0.4, -0.2) is 4.98 Å². The number of hydrogen-bond donors (Lipinski definition) is 0. The topological polar surface area (TPSA) is 12.9 Å². The Morgan fingerprint density at radius 1 is 1.12 bits per heavy atom. The van der Waals surface area contributed by atoms with Gasteiger partial charge in [-0.15, -0.1) is 0 Å². The lowest BCUT2D eigenvalue weighted by atomic mass is 9.46. The summed E-state index contributed by atoms with van der Waals surface area (Å²) in [7, 11) is 0. The maximum Gasteiger partial charge on any atom is 0.0343 e. The van der Waals surface area contributed by atoms with Gasteiger partial charge < -0.3 is 0 Å². The molecule has 0 spiro atoms. The monoisotopic (exact) mass is 351 g/mol. The maximum absolute atomic E-state index is 4.41. The fourth-order valence-electron chi connectivity index (χ4n) is 7.67. The zero-order valence-corrected chi connectivity index (χ0v) is 17.3. The highest BCUT2D eigenvalue weighted by molar-refractivity contribution is 5.72. The lowest BCUT2D eigenvalue weighted by Crippen LogP contribution is -2.51. The predicted molar refractivity (Wildman–Crippen MR) is 111 cm³/mol. The van der Waals surface area contributed by atoms with Crippen LogP contribution in [0.3, 0.4) is 0 Å². The van der Waals surface area contributed by atoms with Gasteiger partial charge in [0.05, 0.1) is 0 Å². The molecule has 1 aromatic rings. The third-order valence-electron chi connectivity index (χ3n) is 8.90. The Morgan fingerprint density at radius 3 is 2.65 bits per heavy atom. The summed E-state index contributed by atoms with van der Waals surface area (Å²) in [6.45, 7) is 10.1. The van der Waals surface area contributed by atoms with Crippen molar-refractivity contribution in [2.24, 2.45) is 34.5 Å². The molecule has 0 amide bonds. The largest absolute Gasteiger partial charge is 0.264 e. The quantitative estimate of drug-likeness (QED) is 0.561.